The molecule has 0 radical (unpaired) electrons. The van der Waals surface area contributed by atoms with Gasteiger partial charge >= 0.3 is 0 Å². The molecular formula is C13H14N2. The molecule has 0 spiro atoms. The minimum Gasteiger partial charge on any atom is -0.345 e. The number of aromatic nitrogens is 1. The normalized spacial score (nSPS) is 10.4. The number of fused-ring (bicyclic) bond motifs is 1. The molecule has 0 N–H and O–H groups in total. The number of para-hydroxylation sites is 1. The standard InChI is InChI=1S/C13H14N2/c1-11-10-12-6-2-3-7-13(12)15(11)9-5-4-8-14/h2-3,6-7,10H,4-5,9H2,1H3. The van der Waals surface area contributed by atoms with E-state index in [4.69, 9.17) is 5.26 Å². The molecule has 0 fully saturated rings. The van der Waals surface area contributed by atoms with Crippen molar-refractivity contribution in [1.82, 2.24) is 4.57 Å². The van der Waals surface area contributed by atoms with Gasteiger partial charge in [0, 0.05) is 24.2 Å². The highest BCUT2D eigenvalue weighted by molar-refractivity contribution is 5.81. The van der Waals surface area contributed by atoms with E-state index in [1.807, 2.05) is 0 Å². The number of hydrogen-bond acceptors (Lipinski definition) is 1. The van der Waals surface area contributed by atoms with E-state index in [-0.39, 0.29) is 0 Å². The fraction of sp³-hybridized carbons (Fsp3) is 0.308. The molecule has 15 heavy (non-hydrogen) atoms. The summed E-state index contributed by atoms with van der Waals surface area (Å²) >= 11 is 0. The number of nitrogens with zero attached hydrogens (tertiary/aromatic N) is 2. The minimum atomic E-state index is 0.631. The fourth-order valence-corrected chi connectivity index (χ4v) is 1.96. The van der Waals surface area contributed by atoms with Crippen LogP contribution in [0, 0.1) is 18.3 Å². The zero-order valence-electron chi connectivity index (χ0n) is 8.90. The first-order chi connectivity index (χ1) is 7.33. The first-order valence-corrected chi connectivity index (χ1v) is 5.25. The van der Waals surface area contributed by atoms with E-state index < -0.39 is 0 Å². The summed E-state index contributed by atoms with van der Waals surface area (Å²) in [6.07, 6.45) is 1.56. The van der Waals surface area contributed by atoms with Crippen molar-refractivity contribution in [3.8, 4) is 6.07 Å². The Labute approximate surface area is 89.7 Å². The van der Waals surface area contributed by atoms with E-state index in [0.29, 0.717) is 6.42 Å². The van der Waals surface area contributed by atoms with Gasteiger partial charge in [0.2, 0.25) is 0 Å². The maximum absolute atomic E-state index is 8.52. The number of benzene rings is 1. The molecule has 76 valence electrons. The van der Waals surface area contributed by atoms with Gasteiger partial charge in [-0.25, -0.2) is 0 Å². The van der Waals surface area contributed by atoms with Gasteiger partial charge in [-0.15, -0.1) is 0 Å². The molecule has 2 heteroatoms. The molecule has 0 amide bonds. The molecule has 0 unspecified atom stereocenters. The molecular weight excluding hydrogens is 184 g/mol. The molecule has 2 nitrogen and oxygen atoms in total. The summed E-state index contributed by atoms with van der Waals surface area (Å²) in [6, 6.07) is 12.8. The number of hydrogen-bond donors (Lipinski definition) is 0. The van der Waals surface area contributed by atoms with Crippen molar-refractivity contribution >= 4 is 10.9 Å². The van der Waals surface area contributed by atoms with E-state index in [2.05, 4.69) is 47.9 Å². The third-order valence-electron chi connectivity index (χ3n) is 2.69. The third kappa shape index (κ3) is 1.87. The Kier molecular flexibility index (Phi) is 2.73. The van der Waals surface area contributed by atoms with Gasteiger partial charge in [0.05, 0.1) is 6.07 Å². The molecule has 0 aliphatic carbocycles. The third-order valence-corrected chi connectivity index (χ3v) is 2.69. The zero-order valence-corrected chi connectivity index (χ0v) is 8.90. The molecule has 0 aliphatic rings. The topological polar surface area (TPSA) is 28.7 Å². The Morgan fingerprint density at radius 3 is 2.93 bits per heavy atom. The molecule has 0 saturated heterocycles. The molecule has 1 heterocycles. The summed E-state index contributed by atoms with van der Waals surface area (Å²) in [7, 11) is 0. The van der Waals surface area contributed by atoms with E-state index in [0.717, 1.165) is 13.0 Å². The largest absolute Gasteiger partial charge is 0.345 e. The van der Waals surface area contributed by atoms with Gasteiger partial charge in [0.1, 0.15) is 0 Å². The van der Waals surface area contributed by atoms with Crippen LogP contribution in [0.3, 0.4) is 0 Å². The van der Waals surface area contributed by atoms with Crippen LogP contribution >= 0.6 is 0 Å². The van der Waals surface area contributed by atoms with Gasteiger partial charge in [-0.3, -0.25) is 0 Å². The first kappa shape index (κ1) is 9.79. The molecule has 2 rings (SSSR count). The minimum absolute atomic E-state index is 0.631. The van der Waals surface area contributed by atoms with Crippen molar-refractivity contribution in [3.63, 3.8) is 0 Å². The summed E-state index contributed by atoms with van der Waals surface area (Å²) < 4.78 is 2.28. The van der Waals surface area contributed by atoms with Crippen LogP contribution < -0.4 is 0 Å². The van der Waals surface area contributed by atoms with Crippen molar-refractivity contribution < 1.29 is 0 Å². The number of rotatable bonds is 3. The number of aryl methyl sites for hydroxylation is 2. The fourth-order valence-electron chi connectivity index (χ4n) is 1.96. The van der Waals surface area contributed by atoms with Crippen LogP contribution in [-0.2, 0) is 6.54 Å². The zero-order chi connectivity index (χ0) is 10.7. The van der Waals surface area contributed by atoms with Crippen LogP contribution in [0.4, 0.5) is 0 Å². The molecule has 0 atom stereocenters. The van der Waals surface area contributed by atoms with Gasteiger partial charge in [0.25, 0.3) is 0 Å². The lowest BCUT2D eigenvalue weighted by Crippen LogP contribution is -1.99. The lowest BCUT2D eigenvalue weighted by molar-refractivity contribution is 0.659. The van der Waals surface area contributed by atoms with Crippen molar-refractivity contribution in [3.05, 3.63) is 36.0 Å². The summed E-state index contributed by atoms with van der Waals surface area (Å²) in [5.74, 6) is 0. The molecule has 0 aliphatic heterocycles. The van der Waals surface area contributed by atoms with Crippen molar-refractivity contribution in [2.75, 3.05) is 0 Å². The van der Waals surface area contributed by atoms with Crippen LogP contribution in [0.15, 0.2) is 30.3 Å². The average molecular weight is 198 g/mol. The SMILES string of the molecule is Cc1cc2ccccc2n1CCCC#N. The molecule has 0 saturated carbocycles. The van der Waals surface area contributed by atoms with Gasteiger partial charge < -0.3 is 4.57 Å². The van der Waals surface area contributed by atoms with E-state index in [1.165, 1.54) is 16.6 Å². The van der Waals surface area contributed by atoms with E-state index >= 15 is 0 Å². The summed E-state index contributed by atoms with van der Waals surface area (Å²) in [4.78, 5) is 0. The lowest BCUT2D eigenvalue weighted by atomic mass is 10.2. The highest BCUT2D eigenvalue weighted by Gasteiger charge is 2.03. The average Bonchev–Trinajstić information content (AvgIpc) is 2.56. The van der Waals surface area contributed by atoms with Crippen LogP contribution in [0.1, 0.15) is 18.5 Å². The molecule has 1 aromatic heterocycles. The predicted octanol–water partition coefficient (Wildman–Crippen LogP) is 3.25. The highest BCUT2D eigenvalue weighted by atomic mass is 15.0. The van der Waals surface area contributed by atoms with Gasteiger partial charge in [-0.2, -0.15) is 5.26 Å². The van der Waals surface area contributed by atoms with Crippen LogP contribution in [0.25, 0.3) is 10.9 Å². The van der Waals surface area contributed by atoms with Crippen LogP contribution in [0.2, 0.25) is 0 Å². The highest BCUT2D eigenvalue weighted by Crippen LogP contribution is 2.19. The second kappa shape index (κ2) is 4.18. The predicted molar refractivity (Wildman–Crippen MR) is 61.5 cm³/mol. The second-order valence-corrected chi connectivity index (χ2v) is 3.76. The monoisotopic (exact) mass is 198 g/mol. The molecule has 1 aromatic carbocycles. The van der Waals surface area contributed by atoms with Crippen molar-refractivity contribution in [2.24, 2.45) is 0 Å². The quantitative estimate of drug-likeness (QED) is 0.696. The van der Waals surface area contributed by atoms with Crippen LogP contribution in [-0.4, -0.2) is 4.57 Å². The summed E-state index contributed by atoms with van der Waals surface area (Å²) in [6.45, 7) is 3.05. The van der Waals surface area contributed by atoms with Gasteiger partial charge in [-0.1, -0.05) is 18.2 Å². The van der Waals surface area contributed by atoms with Gasteiger partial charge in [-0.05, 0) is 30.9 Å². The van der Waals surface area contributed by atoms with Crippen molar-refractivity contribution in [1.29, 1.82) is 5.26 Å². The summed E-state index contributed by atoms with van der Waals surface area (Å²) in [5, 5.41) is 9.80. The smallest absolute Gasteiger partial charge is 0.0622 e. The Morgan fingerprint density at radius 1 is 1.33 bits per heavy atom. The van der Waals surface area contributed by atoms with E-state index in [1.54, 1.807) is 0 Å². The Morgan fingerprint density at radius 2 is 2.13 bits per heavy atom. The van der Waals surface area contributed by atoms with Gasteiger partial charge in [0.15, 0.2) is 0 Å². The first-order valence-electron chi connectivity index (χ1n) is 5.25. The van der Waals surface area contributed by atoms with E-state index in [9.17, 15) is 0 Å². The second-order valence-electron chi connectivity index (χ2n) is 3.76. The maximum Gasteiger partial charge on any atom is 0.0622 e. The van der Waals surface area contributed by atoms with Crippen LogP contribution in [0.5, 0.6) is 0 Å². The molecule has 2 aromatic rings. The lowest BCUT2D eigenvalue weighted by Gasteiger charge is -2.06. The summed E-state index contributed by atoms with van der Waals surface area (Å²) in [5.41, 5.74) is 2.54. The molecule has 0 bridgehead atoms. The Balaban J connectivity index is 2.33. The van der Waals surface area contributed by atoms with Crippen molar-refractivity contribution in [2.45, 2.75) is 26.3 Å². The number of unbranched alkanes of at least 4 members (excludes halogenated alkanes) is 1. The number of nitriles is 1. The Hall–Kier alpha value is -1.75. The maximum atomic E-state index is 8.52. The Bertz CT molecular complexity index is 503.